The number of nitrogens with zero attached hydrogens (tertiary/aromatic N) is 1. The van der Waals surface area contributed by atoms with Gasteiger partial charge in [0.1, 0.15) is 5.75 Å². The Balaban J connectivity index is 3.35. The minimum absolute atomic E-state index is 0.227. The van der Waals surface area contributed by atoms with E-state index in [1.54, 1.807) is 13.8 Å². The fourth-order valence-corrected chi connectivity index (χ4v) is 3.12. The average Bonchev–Trinajstić information content (AvgIpc) is 2.36. The number of ether oxygens (including phenoxy) is 1. The first-order chi connectivity index (χ1) is 9.13. The summed E-state index contributed by atoms with van der Waals surface area (Å²) >= 11 is 0. The zero-order valence-corrected chi connectivity index (χ0v) is 12.7. The van der Waals surface area contributed by atoms with E-state index in [2.05, 4.69) is 4.72 Å². The maximum absolute atomic E-state index is 12.3. The van der Waals surface area contributed by atoms with Crippen LogP contribution in [0.15, 0.2) is 23.1 Å². The number of nitro groups is 1. The van der Waals surface area contributed by atoms with E-state index in [0.717, 1.165) is 6.07 Å². The van der Waals surface area contributed by atoms with Gasteiger partial charge in [-0.1, -0.05) is 6.92 Å². The molecular formula is C12H18N2O5S. The molecule has 0 bridgehead atoms. The second-order valence-electron chi connectivity index (χ2n) is 4.93. The smallest absolute Gasteiger partial charge is 0.293 e. The number of rotatable bonds is 6. The Hall–Kier alpha value is -1.67. The van der Waals surface area contributed by atoms with Crippen molar-refractivity contribution in [3.05, 3.63) is 28.3 Å². The monoisotopic (exact) mass is 302 g/mol. The van der Waals surface area contributed by atoms with Crippen LogP contribution in [0.25, 0.3) is 0 Å². The predicted octanol–water partition coefficient (Wildman–Crippen LogP) is 2.07. The molecule has 0 aromatic heterocycles. The van der Waals surface area contributed by atoms with E-state index in [4.69, 9.17) is 4.74 Å². The van der Waals surface area contributed by atoms with E-state index in [0.29, 0.717) is 6.42 Å². The van der Waals surface area contributed by atoms with Crippen molar-refractivity contribution < 1.29 is 18.1 Å². The van der Waals surface area contributed by atoms with Gasteiger partial charge in [-0.05, 0) is 32.4 Å². The first-order valence-corrected chi connectivity index (χ1v) is 7.47. The fraction of sp³-hybridized carbons (Fsp3) is 0.500. The van der Waals surface area contributed by atoms with Gasteiger partial charge in [0.05, 0.1) is 18.1 Å². The van der Waals surface area contributed by atoms with Gasteiger partial charge in [0.15, 0.2) is 4.90 Å². The predicted molar refractivity (Wildman–Crippen MR) is 74.3 cm³/mol. The number of nitro benzene ring substituents is 1. The van der Waals surface area contributed by atoms with E-state index in [1.165, 1.54) is 19.2 Å². The third-order valence-corrected chi connectivity index (χ3v) is 4.69. The minimum Gasteiger partial charge on any atom is -0.497 e. The summed E-state index contributed by atoms with van der Waals surface area (Å²) in [6.45, 7) is 5.24. The summed E-state index contributed by atoms with van der Waals surface area (Å²) < 4.78 is 31.9. The van der Waals surface area contributed by atoms with Gasteiger partial charge >= 0.3 is 0 Å². The fourth-order valence-electron chi connectivity index (χ4n) is 1.48. The molecule has 0 fully saturated rings. The molecule has 1 aromatic rings. The summed E-state index contributed by atoms with van der Waals surface area (Å²) in [5.74, 6) is 0.227. The molecule has 0 radical (unpaired) electrons. The Labute approximate surface area is 118 Å². The summed E-state index contributed by atoms with van der Waals surface area (Å²) in [4.78, 5) is 9.92. The van der Waals surface area contributed by atoms with Crippen molar-refractivity contribution in [3.8, 4) is 5.75 Å². The van der Waals surface area contributed by atoms with Gasteiger partial charge in [-0.2, -0.15) is 0 Å². The zero-order chi connectivity index (χ0) is 15.6. The van der Waals surface area contributed by atoms with Crippen LogP contribution in [0.2, 0.25) is 0 Å². The summed E-state index contributed by atoms with van der Waals surface area (Å²) in [5.41, 5.74) is -1.20. The number of benzene rings is 1. The second-order valence-corrected chi connectivity index (χ2v) is 6.58. The lowest BCUT2D eigenvalue weighted by molar-refractivity contribution is -0.387. The van der Waals surface area contributed by atoms with E-state index in [9.17, 15) is 18.5 Å². The number of nitrogens with one attached hydrogen (secondary N) is 1. The Bertz CT molecular complexity index is 610. The van der Waals surface area contributed by atoms with E-state index < -0.39 is 26.2 Å². The van der Waals surface area contributed by atoms with Gasteiger partial charge in [0, 0.05) is 5.54 Å². The molecule has 0 aliphatic heterocycles. The van der Waals surface area contributed by atoms with Crippen LogP contribution >= 0.6 is 0 Å². The summed E-state index contributed by atoms with van der Waals surface area (Å²) in [7, 11) is -2.63. The number of hydrogen-bond acceptors (Lipinski definition) is 5. The van der Waals surface area contributed by atoms with Crippen molar-refractivity contribution in [1.29, 1.82) is 0 Å². The van der Waals surface area contributed by atoms with Gasteiger partial charge < -0.3 is 4.74 Å². The summed E-state index contributed by atoms with van der Waals surface area (Å²) in [6, 6.07) is 3.64. The molecule has 0 saturated carbocycles. The molecule has 0 heterocycles. The van der Waals surface area contributed by atoms with Crippen molar-refractivity contribution in [3.63, 3.8) is 0 Å². The largest absolute Gasteiger partial charge is 0.497 e. The first kappa shape index (κ1) is 16.4. The minimum atomic E-state index is -3.98. The van der Waals surface area contributed by atoms with E-state index >= 15 is 0 Å². The second kappa shape index (κ2) is 5.76. The molecule has 1 aromatic carbocycles. The molecule has 8 heteroatoms. The van der Waals surface area contributed by atoms with Crippen LogP contribution in [-0.2, 0) is 10.0 Å². The van der Waals surface area contributed by atoms with Gasteiger partial charge in [-0.3, -0.25) is 10.1 Å². The summed E-state index contributed by atoms with van der Waals surface area (Å²) in [6.07, 6.45) is 0.552. The molecule has 0 aliphatic carbocycles. The van der Waals surface area contributed by atoms with Crippen LogP contribution in [0.4, 0.5) is 5.69 Å². The van der Waals surface area contributed by atoms with Crippen LogP contribution in [0.1, 0.15) is 27.2 Å². The summed E-state index contributed by atoms with van der Waals surface area (Å²) in [5, 5.41) is 11.0. The molecule has 0 amide bonds. The Kier molecular flexibility index (Phi) is 4.72. The molecule has 0 saturated heterocycles. The molecule has 112 valence electrons. The molecule has 0 aliphatic rings. The van der Waals surface area contributed by atoms with E-state index in [-0.39, 0.29) is 10.6 Å². The highest BCUT2D eigenvalue weighted by atomic mass is 32.2. The van der Waals surface area contributed by atoms with E-state index in [1.807, 2.05) is 6.92 Å². The maximum atomic E-state index is 12.3. The lowest BCUT2D eigenvalue weighted by Gasteiger charge is -2.24. The van der Waals surface area contributed by atoms with Crippen LogP contribution in [-0.4, -0.2) is 26.0 Å². The van der Waals surface area contributed by atoms with Gasteiger partial charge in [0.2, 0.25) is 10.0 Å². The zero-order valence-electron chi connectivity index (χ0n) is 11.8. The van der Waals surface area contributed by atoms with Crippen LogP contribution in [0.5, 0.6) is 5.75 Å². The van der Waals surface area contributed by atoms with Crippen LogP contribution in [0.3, 0.4) is 0 Å². The lowest BCUT2D eigenvalue weighted by atomic mass is 10.0. The Morgan fingerprint density at radius 3 is 2.45 bits per heavy atom. The van der Waals surface area contributed by atoms with Gasteiger partial charge in [-0.25, -0.2) is 13.1 Å². The van der Waals surface area contributed by atoms with Crippen molar-refractivity contribution in [2.75, 3.05) is 7.11 Å². The first-order valence-electron chi connectivity index (χ1n) is 5.99. The molecule has 0 atom stereocenters. The van der Waals surface area contributed by atoms with Crippen molar-refractivity contribution in [2.24, 2.45) is 0 Å². The quantitative estimate of drug-likeness (QED) is 0.640. The highest BCUT2D eigenvalue weighted by Gasteiger charge is 2.31. The molecule has 1 N–H and O–H groups in total. The van der Waals surface area contributed by atoms with Gasteiger partial charge in [-0.15, -0.1) is 0 Å². The van der Waals surface area contributed by atoms with Crippen molar-refractivity contribution in [2.45, 2.75) is 37.6 Å². The standard InChI is InChI=1S/C12H18N2O5S/c1-5-12(2,3)13-20(17,18)11-7-6-9(19-4)8-10(11)14(15)16/h6-8,13H,5H2,1-4H3. The highest BCUT2D eigenvalue weighted by molar-refractivity contribution is 7.89. The number of hydrogen-bond donors (Lipinski definition) is 1. The maximum Gasteiger partial charge on any atom is 0.293 e. The normalized spacial score (nSPS) is 12.2. The highest BCUT2D eigenvalue weighted by Crippen LogP contribution is 2.29. The van der Waals surface area contributed by atoms with Gasteiger partial charge in [0.25, 0.3) is 5.69 Å². The molecule has 0 spiro atoms. The Morgan fingerprint density at radius 1 is 1.40 bits per heavy atom. The van der Waals surface area contributed by atoms with Crippen molar-refractivity contribution in [1.82, 2.24) is 4.72 Å². The lowest BCUT2D eigenvalue weighted by Crippen LogP contribution is -2.42. The number of methoxy groups -OCH3 is 1. The van der Waals surface area contributed by atoms with Crippen LogP contribution in [0, 0.1) is 10.1 Å². The van der Waals surface area contributed by atoms with Crippen molar-refractivity contribution >= 4 is 15.7 Å². The van der Waals surface area contributed by atoms with Crippen LogP contribution < -0.4 is 9.46 Å². The molecule has 7 nitrogen and oxygen atoms in total. The average molecular weight is 302 g/mol. The number of sulfonamides is 1. The molecular weight excluding hydrogens is 284 g/mol. The molecule has 20 heavy (non-hydrogen) atoms. The molecule has 0 unspecified atom stereocenters. The Morgan fingerprint density at radius 2 is 2.00 bits per heavy atom. The third kappa shape index (κ3) is 3.67. The third-order valence-electron chi connectivity index (χ3n) is 2.95. The molecule has 1 rings (SSSR count). The topological polar surface area (TPSA) is 98.5 Å². The SMILES string of the molecule is CCC(C)(C)NS(=O)(=O)c1ccc(OC)cc1[N+](=O)[O-].